The fraction of sp³-hybridized carbons (Fsp3) is 0.231. The average molecular weight is 447 g/mol. The average Bonchev–Trinajstić information content (AvgIpc) is 3.37. The van der Waals surface area contributed by atoms with Crippen molar-refractivity contribution in [1.82, 2.24) is 19.1 Å². The number of hydrogen-bond donors (Lipinski definition) is 1. The lowest BCUT2D eigenvalue weighted by atomic mass is 10.1. The normalized spacial score (nSPS) is 11.5. The largest absolute Gasteiger partial charge is 0.395 e. The Hall–Kier alpha value is -3.55. The number of aliphatic hydroxyl groups is 1. The Kier molecular flexibility index (Phi) is 6.82. The molecule has 4 aromatic rings. The fourth-order valence-electron chi connectivity index (χ4n) is 3.90. The van der Waals surface area contributed by atoms with Gasteiger partial charge in [-0.1, -0.05) is 12.1 Å². The SMILES string of the molecule is COCc1c(-c2ccc(F)cc2)nc(/C=C/c2ccc(-n3cnc(C)c3)c(C)c2)n1CCO. The molecule has 0 bridgehead atoms. The number of hydrogen-bond acceptors (Lipinski definition) is 4. The maximum absolute atomic E-state index is 13.4. The number of aliphatic hydroxyl groups excluding tert-OH is 1. The molecule has 2 aromatic heterocycles. The van der Waals surface area contributed by atoms with E-state index in [0.29, 0.717) is 24.7 Å². The number of halogens is 1. The van der Waals surface area contributed by atoms with Crippen LogP contribution in [0.25, 0.3) is 29.1 Å². The standard InChI is InChI=1S/C26H27FN4O2/c1-18-14-20(4-10-23(18)30-15-19(2)28-17-30)5-11-25-29-26(21-6-8-22(27)9-7-21)24(16-33-3)31(25)12-13-32/h4-11,14-15,17,32H,12-13,16H2,1-3H3/b11-5+. The lowest BCUT2D eigenvalue weighted by molar-refractivity contribution is 0.176. The zero-order valence-electron chi connectivity index (χ0n) is 19.0. The Bertz CT molecular complexity index is 1270. The summed E-state index contributed by atoms with van der Waals surface area (Å²) in [5.41, 5.74) is 6.55. The van der Waals surface area contributed by atoms with Crippen LogP contribution in [-0.4, -0.2) is 37.9 Å². The van der Waals surface area contributed by atoms with Gasteiger partial charge in [-0.25, -0.2) is 14.4 Å². The van der Waals surface area contributed by atoms with Crippen LogP contribution < -0.4 is 0 Å². The Labute approximate surface area is 192 Å². The van der Waals surface area contributed by atoms with Crippen molar-refractivity contribution in [2.24, 2.45) is 0 Å². The van der Waals surface area contributed by atoms with Crippen LogP contribution in [0.4, 0.5) is 4.39 Å². The first-order valence-electron chi connectivity index (χ1n) is 10.7. The number of aryl methyl sites for hydroxylation is 2. The molecule has 2 heterocycles. The van der Waals surface area contributed by atoms with Gasteiger partial charge in [0, 0.05) is 31.1 Å². The molecule has 0 amide bonds. The predicted molar refractivity (Wildman–Crippen MR) is 127 cm³/mol. The molecule has 0 fully saturated rings. The van der Waals surface area contributed by atoms with Crippen LogP contribution in [0.15, 0.2) is 55.0 Å². The molecule has 33 heavy (non-hydrogen) atoms. The number of rotatable bonds is 8. The van der Waals surface area contributed by atoms with Gasteiger partial charge in [-0.2, -0.15) is 0 Å². The van der Waals surface area contributed by atoms with Gasteiger partial charge in [0.15, 0.2) is 0 Å². The maximum atomic E-state index is 13.4. The number of nitrogens with zero attached hydrogens (tertiary/aromatic N) is 4. The molecule has 4 rings (SSSR count). The zero-order valence-corrected chi connectivity index (χ0v) is 19.0. The van der Waals surface area contributed by atoms with Crippen molar-refractivity contribution in [3.63, 3.8) is 0 Å². The molecule has 1 N–H and O–H groups in total. The first-order chi connectivity index (χ1) is 16.0. The van der Waals surface area contributed by atoms with E-state index < -0.39 is 0 Å². The lowest BCUT2D eigenvalue weighted by Gasteiger charge is -2.10. The van der Waals surface area contributed by atoms with Crippen LogP contribution in [0.5, 0.6) is 0 Å². The molecule has 0 saturated carbocycles. The van der Waals surface area contributed by atoms with E-state index in [1.54, 1.807) is 19.2 Å². The quantitative estimate of drug-likeness (QED) is 0.422. The van der Waals surface area contributed by atoms with E-state index in [2.05, 4.69) is 24.0 Å². The molecule has 0 aliphatic carbocycles. The Balaban J connectivity index is 1.70. The fourth-order valence-corrected chi connectivity index (χ4v) is 3.90. The van der Waals surface area contributed by atoms with Crippen molar-refractivity contribution in [2.45, 2.75) is 27.0 Å². The van der Waals surface area contributed by atoms with E-state index in [4.69, 9.17) is 9.72 Å². The number of methoxy groups -OCH3 is 1. The summed E-state index contributed by atoms with van der Waals surface area (Å²) in [5, 5.41) is 9.64. The minimum Gasteiger partial charge on any atom is -0.395 e. The van der Waals surface area contributed by atoms with Crippen molar-refractivity contribution >= 4 is 12.2 Å². The molecule has 0 saturated heterocycles. The minimum atomic E-state index is -0.299. The summed E-state index contributed by atoms with van der Waals surface area (Å²) in [6.07, 6.45) is 7.74. The smallest absolute Gasteiger partial charge is 0.133 e. The molecule has 0 aliphatic heterocycles. The number of aromatic nitrogens is 4. The second-order valence-electron chi connectivity index (χ2n) is 7.88. The molecule has 0 atom stereocenters. The van der Waals surface area contributed by atoms with E-state index in [9.17, 15) is 9.50 Å². The topological polar surface area (TPSA) is 65.1 Å². The summed E-state index contributed by atoms with van der Waals surface area (Å²) < 4.78 is 22.8. The molecule has 0 unspecified atom stereocenters. The third-order valence-electron chi connectivity index (χ3n) is 5.46. The van der Waals surface area contributed by atoms with Crippen LogP contribution >= 0.6 is 0 Å². The number of imidazole rings is 2. The molecule has 2 aromatic carbocycles. The molecule has 170 valence electrons. The lowest BCUT2D eigenvalue weighted by Crippen LogP contribution is -2.09. The van der Waals surface area contributed by atoms with Crippen molar-refractivity contribution in [1.29, 1.82) is 0 Å². The van der Waals surface area contributed by atoms with Gasteiger partial charge in [0.2, 0.25) is 0 Å². The first kappa shape index (κ1) is 22.6. The van der Waals surface area contributed by atoms with E-state index in [-0.39, 0.29) is 12.4 Å². The van der Waals surface area contributed by atoms with Gasteiger partial charge in [-0.15, -0.1) is 0 Å². The van der Waals surface area contributed by atoms with Crippen molar-refractivity contribution in [2.75, 3.05) is 13.7 Å². The minimum absolute atomic E-state index is 0.0328. The molecular weight excluding hydrogens is 419 g/mol. The summed E-state index contributed by atoms with van der Waals surface area (Å²) in [5.74, 6) is 0.397. The van der Waals surface area contributed by atoms with Gasteiger partial charge >= 0.3 is 0 Å². The Morgan fingerprint density at radius 2 is 1.88 bits per heavy atom. The molecule has 0 spiro atoms. The maximum Gasteiger partial charge on any atom is 0.133 e. The monoisotopic (exact) mass is 446 g/mol. The van der Waals surface area contributed by atoms with Gasteiger partial charge in [0.1, 0.15) is 11.6 Å². The van der Waals surface area contributed by atoms with Crippen LogP contribution in [0.1, 0.15) is 28.3 Å². The zero-order chi connectivity index (χ0) is 23.4. The van der Waals surface area contributed by atoms with Gasteiger partial charge in [-0.3, -0.25) is 0 Å². The molecule has 0 radical (unpaired) electrons. The molecule has 7 heteroatoms. The summed E-state index contributed by atoms with van der Waals surface area (Å²) in [6, 6.07) is 12.5. The molecular formula is C26H27FN4O2. The van der Waals surface area contributed by atoms with Crippen LogP contribution in [-0.2, 0) is 17.9 Å². The van der Waals surface area contributed by atoms with E-state index >= 15 is 0 Å². The third kappa shape index (κ3) is 4.94. The summed E-state index contributed by atoms with van der Waals surface area (Å²) in [4.78, 5) is 9.10. The highest BCUT2D eigenvalue weighted by Crippen LogP contribution is 2.27. The predicted octanol–water partition coefficient (Wildman–Crippen LogP) is 4.80. The summed E-state index contributed by atoms with van der Waals surface area (Å²) in [7, 11) is 1.62. The first-order valence-corrected chi connectivity index (χ1v) is 10.7. The highest BCUT2D eigenvalue weighted by molar-refractivity contribution is 5.71. The Morgan fingerprint density at radius 3 is 2.52 bits per heavy atom. The third-order valence-corrected chi connectivity index (χ3v) is 5.46. The van der Waals surface area contributed by atoms with E-state index in [1.165, 1.54) is 12.1 Å². The second kappa shape index (κ2) is 9.94. The van der Waals surface area contributed by atoms with Crippen molar-refractivity contribution < 1.29 is 14.2 Å². The van der Waals surface area contributed by atoms with Crippen molar-refractivity contribution in [3.05, 3.63) is 89.1 Å². The van der Waals surface area contributed by atoms with Gasteiger partial charge in [0.25, 0.3) is 0 Å². The van der Waals surface area contributed by atoms with E-state index in [0.717, 1.165) is 33.8 Å². The van der Waals surface area contributed by atoms with Crippen LogP contribution in [0.2, 0.25) is 0 Å². The summed E-state index contributed by atoms with van der Waals surface area (Å²) >= 11 is 0. The summed E-state index contributed by atoms with van der Waals surface area (Å²) in [6.45, 7) is 4.71. The van der Waals surface area contributed by atoms with Crippen LogP contribution in [0, 0.1) is 19.7 Å². The van der Waals surface area contributed by atoms with Gasteiger partial charge < -0.3 is 19.0 Å². The highest BCUT2D eigenvalue weighted by atomic mass is 19.1. The number of ether oxygens (including phenoxy) is 1. The van der Waals surface area contributed by atoms with Gasteiger partial charge in [-0.05, 0) is 67.4 Å². The Morgan fingerprint density at radius 1 is 1.09 bits per heavy atom. The van der Waals surface area contributed by atoms with Gasteiger partial charge in [0.05, 0.1) is 36.6 Å². The second-order valence-corrected chi connectivity index (χ2v) is 7.88. The van der Waals surface area contributed by atoms with E-state index in [1.807, 2.05) is 46.8 Å². The van der Waals surface area contributed by atoms with Crippen LogP contribution in [0.3, 0.4) is 0 Å². The highest BCUT2D eigenvalue weighted by Gasteiger charge is 2.17. The molecule has 6 nitrogen and oxygen atoms in total. The molecule has 0 aliphatic rings. The number of benzene rings is 2. The van der Waals surface area contributed by atoms with Crippen molar-refractivity contribution in [3.8, 4) is 16.9 Å².